The molecule has 0 atom stereocenters. The van der Waals surface area contributed by atoms with Crippen LogP contribution in [-0.4, -0.2) is 61.3 Å². The number of pyridine rings is 1. The van der Waals surface area contributed by atoms with Crippen molar-refractivity contribution in [3.05, 3.63) is 22.4 Å². The quantitative estimate of drug-likeness (QED) is 0.360. The highest BCUT2D eigenvalue weighted by molar-refractivity contribution is 9.10. The molecule has 1 aromatic rings. The zero-order valence-electron chi connectivity index (χ0n) is 16.2. The molecule has 0 bridgehead atoms. The fourth-order valence-corrected chi connectivity index (χ4v) is 2.29. The van der Waals surface area contributed by atoms with Crippen LogP contribution in [0.2, 0.25) is 0 Å². The summed E-state index contributed by atoms with van der Waals surface area (Å²) in [7, 11) is 0. The number of hydrogen-bond acceptors (Lipinski definition) is 6. The van der Waals surface area contributed by atoms with E-state index >= 15 is 0 Å². The number of rotatable bonds is 10. The summed E-state index contributed by atoms with van der Waals surface area (Å²) < 4.78 is 11.2. The van der Waals surface area contributed by atoms with E-state index < -0.39 is 17.6 Å². The van der Waals surface area contributed by atoms with Crippen molar-refractivity contribution in [1.29, 1.82) is 0 Å². The lowest BCUT2D eigenvalue weighted by molar-refractivity contribution is -0.645. The largest absolute Gasteiger partial charge is 0.444 e. The maximum atomic E-state index is 12.4. The molecule has 3 amide bonds. The third kappa shape index (κ3) is 10.2. The second kappa shape index (κ2) is 11.6. The average molecular weight is 461 g/mol. The average Bonchev–Trinajstić information content (AvgIpc) is 2.55. The molecule has 0 aliphatic rings. The van der Waals surface area contributed by atoms with Crippen LogP contribution < -0.4 is 21.7 Å². The number of ether oxygens (including phenoxy) is 2. The van der Waals surface area contributed by atoms with Crippen molar-refractivity contribution in [1.82, 2.24) is 10.3 Å². The number of aromatic nitrogens is 1. The molecule has 0 saturated carbocycles. The third-order valence-corrected chi connectivity index (χ3v) is 3.48. The summed E-state index contributed by atoms with van der Waals surface area (Å²) in [6.45, 7) is 7.00. The summed E-state index contributed by atoms with van der Waals surface area (Å²) in [6.07, 6.45) is 0.775. The van der Waals surface area contributed by atoms with Gasteiger partial charge in [0, 0.05) is 17.2 Å². The van der Waals surface area contributed by atoms with Crippen LogP contribution in [0.3, 0.4) is 0 Å². The second-order valence-corrected chi connectivity index (χ2v) is 7.71. The fraction of sp³-hybridized carbons (Fsp3) is 0.529. The van der Waals surface area contributed by atoms with Gasteiger partial charge in [0.25, 0.3) is 11.8 Å². The lowest BCUT2D eigenvalue weighted by Crippen LogP contribution is -2.87. The maximum absolute atomic E-state index is 12.4. The Kier molecular flexibility index (Phi) is 9.83. The first-order valence-electron chi connectivity index (χ1n) is 8.70. The first-order chi connectivity index (χ1) is 13.1. The summed E-state index contributed by atoms with van der Waals surface area (Å²) >= 11 is 3.26. The van der Waals surface area contributed by atoms with E-state index in [-0.39, 0.29) is 30.4 Å². The predicted molar refractivity (Wildman–Crippen MR) is 106 cm³/mol. The van der Waals surface area contributed by atoms with Gasteiger partial charge in [-0.15, -0.1) is 0 Å². The van der Waals surface area contributed by atoms with E-state index in [2.05, 4.69) is 31.5 Å². The molecule has 6 N–H and O–H groups in total. The molecule has 0 aliphatic carbocycles. The highest BCUT2D eigenvalue weighted by Crippen LogP contribution is 2.20. The standard InChI is InChI=1S/C17H26BrN5O5/c1-17(2,3)28-16(26)23-12-8-11(18)9-22-14(12)15(25)21-5-7-27-6-4-20-10-13(19)24/h8-9,20H,4-7,10H2,1-3H3,(H2,19,24)(H,21,25)(H,23,26)/p+1. The van der Waals surface area contributed by atoms with Gasteiger partial charge in [0.05, 0.1) is 25.4 Å². The normalized spacial score (nSPS) is 11.0. The SMILES string of the molecule is CC(C)(C)OC(=O)Nc1cc(Br)cnc1C(=O)NCCOCC[NH2+]CC(N)=O. The van der Waals surface area contributed by atoms with E-state index in [0.717, 1.165) is 0 Å². The fourth-order valence-electron chi connectivity index (χ4n) is 1.96. The number of nitrogens with zero attached hydrogens (tertiary/aromatic N) is 1. The second-order valence-electron chi connectivity index (χ2n) is 6.79. The van der Waals surface area contributed by atoms with E-state index in [1.807, 2.05) is 0 Å². The molecular formula is C17H27BrN5O5+. The molecule has 156 valence electrons. The Morgan fingerprint density at radius 2 is 2.00 bits per heavy atom. The van der Waals surface area contributed by atoms with Gasteiger partial charge in [-0.25, -0.2) is 9.78 Å². The Morgan fingerprint density at radius 3 is 2.64 bits per heavy atom. The van der Waals surface area contributed by atoms with Gasteiger partial charge in [-0.3, -0.25) is 14.9 Å². The molecule has 10 nitrogen and oxygen atoms in total. The molecule has 0 fully saturated rings. The van der Waals surface area contributed by atoms with Crippen molar-refractivity contribution in [2.75, 3.05) is 38.2 Å². The Balaban J connectivity index is 2.50. The van der Waals surface area contributed by atoms with Crippen LogP contribution in [0.5, 0.6) is 0 Å². The van der Waals surface area contributed by atoms with Crippen LogP contribution in [0.4, 0.5) is 10.5 Å². The highest BCUT2D eigenvalue weighted by Gasteiger charge is 2.20. The Morgan fingerprint density at radius 1 is 1.29 bits per heavy atom. The monoisotopic (exact) mass is 460 g/mol. The summed E-state index contributed by atoms with van der Waals surface area (Å²) in [5.74, 6) is -0.840. The van der Waals surface area contributed by atoms with Crippen LogP contribution in [-0.2, 0) is 14.3 Å². The molecule has 0 spiro atoms. The topological polar surface area (TPSA) is 149 Å². The van der Waals surface area contributed by atoms with Crippen LogP contribution >= 0.6 is 15.9 Å². The highest BCUT2D eigenvalue weighted by atomic mass is 79.9. The van der Waals surface area contributed by atoms with E-state index in [1.54, 1.807) is 32.2 Å². The minimum absolute atomic E-state index is 0.0591. The molecule has 0 aromatic carbocycles. The van der Waals surface area contributed by atoms with Crippen molar-refractivity contribution in [3.63, 3.8) is 0 Å². The van der Waals surface area contributed by atoms with Gasteiger partial charge >= 0.3 is 6.09 Å². The minimum Gasteiger partial charge on any atom is -0.444 e. The molecule has 0 unspecified atom stereocenters. The van der Waals surface area contributed by atoms with Crippen LogP contribution in [0.25, 0.3) is 0 Å². The number of nitrogens with one attached hydrogen (secondary N) is 2. The van der Waals surface area contributed by atoms with Gasteiger partial charge in [-0.05, 0) is 42.8 Å². The van der Waals surface area contributed by atoms with Crippen LogP contribution in [0, 0.1) is 0 Å². The zero-order valence-corrected chi connectivity index (χ0v) is 17.8. The van der Waals surface area contributed by atoms with E-state index in [1.165, 1.54) is 6.20 Å². The Bertz CT molecular complexity index is 693. The lowest BCUT2D eigenvalue weighted by Gasteiger charge is -2.20. The number of anilines is 1. The molecule has 0 saturated heterocycles. The lowest BCUT2D eigenvalue weighted by atomic mass is 10.2. The van der Waals surface area contributed by atoms with Crippen molar-refractivity contribution < 1.29 is 29.2 Å². The molecule has 28 heavy (non-hydrogen) atoms. The number of quaternary nitrogens is 1. The van der Waals surface area contributed by atoms with Gasteiger partial charge in [0.1, 0.15) is 5.60 Å². The van der Waals surface area contributed by atoms with Crippen LogP contribution in [0.1, 0.15) is 31.3 Å². The summed E-state index contributed by atoms with van der Waals surface area (Å²) in [6, 6.07) is 1.57. The first kappa shape index (κ1) is 23.8. The van der Waals surface area contributed by atoms with Crippen molar-refractivity contribution in [2.45, 2.75) is 26.4 Å². The maximum Gasteiger partial charge on any atom is 0.412 e. The van der Waals surface area contributed by atoms with Gasteiger partial charge in [-0.1, -0.05) is 0 Å². The number of nitrogens with two attached hydrogens (primary N) is 2. The molecule has 0 aliphatic heterocycles. The third-order valence-electron chi connectivity index (χ3n) is 3.05. The van der Waals surface area contributed by atoms with E-state index in [4.69, 9.17) is 15.2 Å². The zero-order chi connectivity index (χ0) is 21.2. The number of hydrogen-bond donors (Lipinski definition) is 4. The predicted octanol–water partition coefficient (Wildman–Crippen LogP) is -0.0138. The number of carbonyl (C=O) groups excluding carboxylic acids is 3. The molecule has 1 rings (SSSR count). The van der Waals surface area contributed by atoms with Gasteiger partial charge in [0.2, 0.25) is 0 Å². The summed E-state index contributed by atoms with van der Waals surface area (Å²) in [5, 5.41) is 6.94. The van der Waals surface area contributed by atoms with Crippen molar-refractivity contribution >= 4 is 39.5 Å². The first-order valence-corrected chi connectivity index (χ1v) is 9.49. The Labute approximate surface area is 172 Å². The minimum atomic E-state index is -0.683. The van der Waals surface area contributed by atoms with E-state index in [0.29, 0.717) is 24.2 Å². The van der Waals surface area contributed by atoms with E-state index in [9.17, 15) is 14.4 Å². The molecule has 11 heteroatoms. The van der Waals surface area contributed by atoms with Crippen molar-refractivity contribution in [3.8, 4) is 0 Å². The molecule has 1 aromatic heterocycles. The van der Waals surface area contributed by atoms with Crippen LogP contribution in [0.15, 0.2) is 16.7 Å². The number of halogens is 1. The number of primary amides is 1. The summed E-state index contributed by atoms with van der Waals surface area (Å²) in [4.78, 5) is 39.0. The molecule has 0 radical (unpaired) electrons. The molecular weight excluding hydrogens is 434 g/mol. The van der Waals surface area contributed by atoms with Gasteiger partial charge < -0.3 is 25.8 Å². The molecule has 1 heterocycles. The Hall–Kier alpha value is -2.24. The number of carbonyl (C=O) groups is 3. The summed E-state index contributed by atoms with van der Waals surface area (Å²) in [5.41, 5.74) is 4.64. The number of amides is 3. The van der Waals surface area contributed by atoms with Gasteiger partial charge in [-0.2, -0.15) is 0 Å². The van der Waals surface area contributed by atoms with Gasteiger partial charge in [0.15, 0.2) is 12.2 Å². The van der Waals surface area contributed by atoms with Crippen molar-refractivity contribution in [2.24, 2.45) is 5.73 Å². The smallest absolute Gasteiger partial charge is 0.412 e.